The number of carbonyl (C=O) groups is 1. The fourth-order valence-corrected chi connectivity index (χ4v) is 3.02. The molecule has 0 aliphatic carbocycles. The van der Waals surface area contributed by atoms with Gasteiger partial charge in [0, 0.05) is 12.2 Å². The Kier molecular flexibility index (Phi) is 7.67. The molecule has 0 spiro atoms. The minimum Gasteiger partial charge on any atom is -0.493 e. The van der Waals surface area contributed by atoms with Crippen molar-refractivity contribution < 1.29 is 14.3 Å². The molecule has 2 aromatic rings. The first kappa shape index (κ1) is 20.8. The van der Waals surface area contributed by atoms with Crippen LogP contribution in [-0.2, 0) is 11.3 Å². The van der Waals surface area contributed by atoms with E-state index in [-0.39, 0.29) is 5.91 Å². The summed E-state index contributed by atoms with van der Waals surface area (Å²) in [7, 11) is 1.64. The number of para-hydroxylation sites is 1. The van der Waals surface area contributed by atoms with Gasteiger partial charge < -0.3 is 14.8 Å². The van der Waals surface area contributed by atoms with Crippen LogP contribution in [0.15, 0.2) is 36.4 Å². The smallest absolute Gasteiger partial charge is 0.238 e. The van der Waals surface area contributed by atoms with Gasteiger partial charge in [-0.25, -0.2) is 0 Å². The first-order valence-corrected chi connectivity index (χ1v) is 9.36. The van der Waals surface area contributed by atoms with Crippen LogP contribution in [0.3, 0.4) is 0 Å². The van der Waals surface area contributed by atoms with E-state index in [1.165, 1.54) is 0 Å². The van der Waals surface area contributed by atoms with Crippen LogP contribution in [0.25, 0.3) is 0 Å². The highest BCUT2D eigenvalue weighted by Crippen LogP contribution is 2.28. The molecule has 0 heterocycles. The van der Waals surface area contributed by atoms with Crippen LogP contribution in [0.2, 0.25) is 0 Å². The molecule has 2 aromatic carbocycles. The molecule has 5 heteroatoms. The third kappa shape index (κ3) is 5.73. The van der Waals surface area contributed by atoms with E-state index in [1.807, 2.05) is 57.2 Å². The van der Waals surface area contributed by atoms with Gasteiger partial charge in [0.1, 0.15) is 0 Å². The highest BCUT2D eigenvalue weighted by molar-refractivity contribution is 5.93. The summed E-state index contributed by atoms with van der Waals surface area (Å²) < 4.78 is 11.0. The number of nitrogens with zero attached hydrogens (tertiary/aromatic N) is 1. The molecule has 27 heavy (non-hydrogen) atoms. The fraction of sp³-hybridized carbons (Fsp3) is 0.409. The first-order valence-electron chi connectivity index (χ1n) is 9.36. The number of rotatable bonds is 9. The lowest BCUT2D eigenvalue weighted by Gasteiger charge is -2.21. The number of amides is 1. The lowest BCUT2D eigenvalue weighted by Crippen LogP contribution is -2.33. The van der Waals surface area contributed by atoms with Gasteiger partial charge in [-0.15, -0.1) is 0 Å². The van der Waals surface area contributed by atoms with Gasteiger partial charge in [-0.1, -0.05) is 31.2 Å². The van der Waals surface area contributed by atoms with Gasteiger partial charge in [0.2, 0.25) is 5.91 Å². The van der Waals surface area contributed by atoms with Crippen LogP contribution in [-0.4, -0.2) is 37.6 Å². The minimum absolute atomic E-state index is 0.00727. The summed E-state index contributed by atoms with van der Waals surface area (Å²) in [6.07, 6.45) is 0. The molecule has 0 unspecified atom stereocenters. The predicted octanol–water partition coefficient (Wildman–Crippen LogP) is 4.17. The van der Waals surface area contributed by atoms with E-state index in [2.05, 4.69) is 17.1 Å². The number of methoxy groups -OCH3 is 1. The van der Waals surface area contributed by atoms with Crippen molar-refractivity contribution in [1.29, 1.82) is 0 Å². The second-order valence-electron chi connectivity index (χ2n) is 6.54. The summed E-state index contributed by atoms with van der Waals surface area (Å²) >= 11 is 0. The van der Waals surface area contributed by atoms with Crippen molar-refractivity contribution in [1.82, 2.24) is 4.90 Å². The summed E-state index contributed by atoms with van der Waals surface area (Å²) in [5, 5.41) is 3.05. The molecular formula is C22H30N2O3. The standard InChI is InChI=1S/C22H30N2O3/c1-6-24(14-18-11-12-19(27-7-2)20(13-18)26-5)15-21(25)23-22-16(3)9-8-10-17(22)4/h8-13H,6-7,14-15H2,1-5H3,(H,23,25). The topological polar surface area (TPSA) is 50.8 Å². The van der Waals surface area contributed by atoms with E-state index in [9.17, 15) is 4.79 Å². The summed E-state index contributed by atoms with van der Waals surface area (Å²) in [6.45, 7) is 10.4. The normalized spacial score (nSPS) is 10.7. The van der Waals surface area contributed by atoms with Crippen molar-refractivity contribution in [2.75, 3.05) is 32.1 Å². The third-order valence-electron chi connectivity index (χ3n) is 4.49. The van der Waals surface area contributed by atoms with Crippen LogP contribution in [0.1, 0.15) is 30.5 Å². The zero-order valence-corrected chi connectivity index (χ0v) is 17.0. The van der Waals surface area contributed by atoms with Crippen molar-refractivity contribution in [3.05, 3.63) is 53.1 Å². The Hall–Kier alpha value is -2.53. The van der Waals surface area contributed by atoms with Gasteiger partial charge in [-0.2, -0.15) is 0 Å². The first-order chi connectivity index (χ1) is 13.0. The predicted molar refractivity (Wildman–Crippen MR) is 110 cm³/mol. The number of anilines is 1. The minimum atomic E-state index is -0.00727. The largest absolute Gasteiger partial charge is 0.493 e. The second-order valence-corrected chi connectivity index (χ2v) is 6.54. The lowest BCUT2D eigenvalue weighted by molar-refractivity contribution is -0.117. The Balaban J connectivity index is 2.03. The van der Waals surface area contributed by atoms with Crippen LogP contribution < -0.4 is 14.8 Å². The highest BCUT2D eigenvalue weighted by atomic mass is 16.5. The quantitative estimate of drug-likeness (QED) is 0.720. The lowest BCUT2D eigenvalue weighted by atomic mass is 10.1. The molecule has 0 saturated carbocycles. The number of ether oxygens (including phenoxy) is 2. The molecule has 1 N–H and O–H groups in total. The van der Waals surface area contributed by atoms with Crippen LogP contribution in [0.4, 0.5) is 5.69 Å². The average Bonchev–Trinajstić information content (AvgIpc) is 2.65. The fourth-order valence-electron chi connectivity index (χ4n) is 3.02. The SMILES string of the molecule is CCOc1ccc(CN(CC)CC(=O)Nc2c(C)cccc2C)cc1OC. The van der Waals surface area contributed by atoms with Crippen LogP contribution in [0, 0.1) is 13.8 Å². The molecule has 0 atom stereocenters. The number of aryl methyl sites for hydroxylation is 2. The Morgan fingerprint density at radius 2 is 1.78 bits per heavy atom. The maximum absolute atomic E-state index is 12.5. The van der Waals surface area contributed by atoms with Gasteiger partial charge in [0.25, 0.3) is 0 Å². The maximum Gasteiger partial charge on any atom is 0.238 e. The van der Waals surface area contributed by atoms with Crippen molar-refractivity contribution in [3.8, 4) is 11.5 Å². The molecule has 0 aromatic heterocycles. The molecule has 0 bridgehead atoms. The Morgan fingerprint density at radius 1 is 1.07 bits per heavy atom. The molecule has 0 radical (unpaired) electrons. The Bertz CT molecular complexity index is 754. The molecule has 0 aliphatic rings. The molecule has 146 valence electrons. The molecule has 5 nitrogen and oxygen atoms in total. The molecule has 0 saturated heterocycles. The summed E-state index contributed by atoms with van der Waals surface area (Å²) in [6, 6.07) is 11.9. The van der Waals surface area contributed by atoms with E-state index < -0.39 is 0 Å². The van der Waals surface area contributed by atoms with Crippen molar-refractivity contribution in [2.45, 2.75) is 34.2 Å². The van der Waals surface area contributed by atoms with Crippen molar-refractivity contribution >= 4 is 11.6 Å². The molecule has 1 amide bonds. The van der Waals surface area contributed by atoms with Gasteiger partial charge >= 0.3 is 0 Å². The molecular weight excluding hydrogens is 340 g/mol. The molecule has 0 fully saturated rings. The Morgan fingerprint density at radius 3 is 2.37 bits per heavy atom. The number of benzene rings is 2. The third-order valence-corrected chi connectivity index (χ3v) is 4.49. The van der Waals surface area contributed by atoms with Gasteiger partial charge in [0.05, 0.1) is 20.3 Å². The number of nitrogens with one attached hydrogen (secondary N) is 1. The highest BCUT2D eigenvalue weighted by Gasteiger charge is 2.13. The summed E-state index contributed by atoms with van der Waals surface area (Å²) in [5.74, 6) is 1.44. The number of hydrogen-bond donors (Lipinski definition) is 1. The monoisotopic (exact) mass is 370 g/mol. The van der Waals surface area contributed by atoms with E-state index in [0.717, 1.165) is 34.7 Å². The Labute approximate surface area is 162 Å². The van der Waals surface area contributed by atoms with Crippen molar-refractivity contribution in [3.63, 3.8) is 0 Å². The number of likely N-dealkylation sites (N-methyl/N-ethyl adjacent to an activating group) is 1. The van der Waals surface area contributed by atoms with E-state index in [1.54, 1.807) is 7.11 Å². The van der Waals surface area contributed by atoms with Crippen molar-refractivity contribution in [2.24, 2.45) is 0 Å². The van der Waals surface area contributed by atoms with Crippen LogP contribution in [0.5, 0.6) is 11.5 Å². The van der Waals surface area contributed by atoms with E-state index >= 15 is 0 Å². The second kappa shape index (κ2) is 9.97. The maximum atomic E-state index is 12.5. The van der Waals surface area contributed by atoms with E-state index in [4.69, 9.17) is 9.47 Å². The summed E-state index contributed by atoms with van der Waals surface area (Å²) in [5.41, 5.74) is 4.13. The number of carbonyl (C=O) groups excluding carboxylic acids is 1. The molecule has 2 rings (SSSR count). The van der Waals surface area contributed by atoms with E-state index in [0.29, 0.717) is 25.4 Å². The summed E-state index contributed by atoms with van der Waals surface area (Å²) in [4.78, 5) is 14.6. The molecule has 0 aliphatic heterocycles. The van der Waals surface area contributed by atoms with Gasteiger partial charge in [-0.05, 0) is 56.1 Å². The van der Waals surface area contributed by atoms with Gasteiger partial charge in [-0.3, -0.25) is 9.69 Å². The zero-order valence-electron chi connectivity index (χ0n) is 17.0. The average molecular weight is 370 g/mol. The zero-order chi connectivity index (χ0) is 19.8. The van der Waals surface area contributed by atoms with Gasteiger partial charge in [0.15, 0.2) is 11.5 Å². The number of hydrogen-bond acceptors (Lipinski definition) is 4. The van der Waals surface area contributed by atoms with Crippen LogP contribution >= 0.6 is 0 Å².